The zero-order valence-electron chi connectivity index (χ0n) is 17.0. The lowest BCUT2D eigenvalue weighted by molar-refractivity contribution is -0.292. The second-order valence-corrected chi connectivity index (χ2v) is 10.6. The molecule has 4 aliphatic carbocycles. The monoisotopic (exact) mass is 350 g/mol. The van der Waals surface area contributed by atoms with Crippen LogP contribution in [0.1, 0.15) is 85.0 Å². The highest BCUT2D eigenvalue weighted by Crippen LogP contribution is 2.71. The Bertz CT molecular complexity index is 543. The first kappa shape index (κ1) is 18.3. The maximum Gasteiger partial charge on any atom is 0.168 e. The highest BCUT2D eigenvalue weighted by molar-refractivity contribution is 5.17. The molecule has 0 unspecified atom stereocenters. The molecule has 6 atom stereocenters. The molecule has 4 aliphatic rings. The molecule has 144 valence electrons. The molecule has 4 fully saturated rings. The summed E-state index contributed by atoms with van der Waals surface area (Å²) in [5.41, 5.74) is 0.268. The van der Waals surface area contributed by atoms with Crippen LogP contribution in [-0.2, 0) is 9.47 Å². The highest BCUT2D eigenvalue weighted by Gasteiger charge is 2.68. The predicted octanol–water partition coefficient (Wildman–Crippen LogP) is 4.91. The molecule has 0 amide bonds. The van der Waals surface area contributed by atoms with Gasteiger partial charge in [-0.25, -0.2) is 0 Å². The zero-order valence-corrected chi connectivity index (χ0v) is 17.0. The number of methoxy groups -OCH3 is 2. The van der Waals surface area contributed by atoms with Crippen LogP contribution in [0.25, 0.3) is 0 Å². The highest BCUT2D eigenvalue weighted by atomic mass is 16.7. The lowest BCUT2D eigenvalue weighted by atomic mass is 9.39. The molecule has 0 radical (unpaired) electrons. The normalized spacial score (nSPS) is 54.5. The number of rotatable bonds is 2. The van der Waals surface area contributed by atoms with Gasteiger partial charge in [0.25, 0.3) is 0 Å². The van der Waals surface area contributed by atoms with Gasteiger partial charge >= 0.3 is 0 Å². The summed E-state index contributed by atoms with van der Waals surface area (Å²) < 4.78 is 11.7. The second-order valence-electron chi connectivity index (χ2n) is 10.6. The van der Waals surface area contributed by atoms with E-state index in [2.05, 4.69) is 20.8 Å². The summed E-state index contributed by atoms with van der Waals surface area (Å²) in [6.45, 7) is 7.37. The van der Waals surface area contributed by atoms with E-state index in [9.17, 15) is 5.11 Å². The summed E-state index contributed by atoms with van der Waals surface area (Å²) in [5, 5.41) is 11.8. The van der Waals surface area contributed by atoms with Crippen molar-refractivity contribution >= 4 is 0 Å². The molecule has 3 heteroatoms. The van der Waals surface area contributed by atoms with Crippen LogP contribution in [0.15, 0.2) is 0 Å². The van der Waals surface area contributed by atoms with E-state index >= 15 is 0 Å². The van der Waals surface area contributed by atoms with Crippen molar-refractivity contribution in [2.45, 2.75) is 96.4 Å². The van der Waals surface area contributed by atoms with Gasteiger partial charge in [-0.05, 0) is 79.4 Å². The molecule has 25 heavy (non-hydrogen) atoms. The van der Waals surface area contributed by atoms with Crippen molar-refractivity contribution in [1.82, 2.24) is 0 Å². The van der Waals surface area contributed by atoms with E-state index in [1.807, 2.05) is 0 Å². The molecular formula is C22H38O3. The number of fused-ring (bicyclic) bond motifs is 5. The van der Waals surface area contributed by atoms with Crippen LogP contribution in [0.4, 0.5) is 0 Å². The fraction of sp³-hybridized carbons (Fsp3) is 1.00. The van der Waals surface area contributed by atoms with Gasteiger partial charge in [-0.15, -0.1) is 0 Å². The Morgan fingerprint density at radius 1 is 0.760 bits per heavy atom. The van der Waals surface area contributed by atoms with E-state index in [4.69, 9.17) is 9.47 Å². The van der Waals surface area contributed by atoms with Crippen LogP contribution in [0.5, 0.6) is 0 Å². The van der Waals surface area contributed by atoms with E-state index in [0.717, 1.165) is 25.7 Å². The van der Waals surface area contributed by atoms with Gasteiger partial charge in [-0.1, -0.05) is 20.8 Å². The van der Waals surface area contributed by atoms with Gasteiger partial charge < -0.3 is 14.6 Å². The number of ether oxygens (including phenoxy) is 2. The molecule has 0 bridgehead atoms. The molecule has 0 heterocycles. The minimum atomic E-state index is -0.419. The van der Waals surface area contributed by atoms with Crippen LogP contribution in [0.2, 0.25) is 0 Å². The quantitative estimate of drug-likeness (QED) is 0.719. The fourth-order valence-corrected chi connectivity index (χ4v) is 8.00. The summed E-state index contributed by atoms with van der Waals surface area (Å²) >= 11 is 0. The molecule has 1 N–H and O–H groups in total. The third-order valence-corrected chi connectivity index (χ3v) is 10.1. The van der Waals surface area contributed by atoms with Crippen molar-refractivity contribution in [2.24, 2.45) is 28.1 Å². The zero-order chi connectivity index (χ0) is 18.1. The molecule has 0 spiro atoms. The van der Waals surface area contributed by atoms with Gasteiger partial charge in [0.05, 0.1) is 5.60 Å². The lowest BCUT2D eigenvalue weighted by Gasteiger charge is -2.67. The first-order valence-corrected chi connectivity index (χ1v) is 10.5. The Hall–Kier alpha value is -0.120. The van der Waals surface area contributed by atoms with E-state index in [0.29, 0.717) is 11.8 Å². The molecule has 3 nitrogen and oxygen atoms in total. The summed E-state index contributed by atoms with van der Waals surface area (Å²) in [6, 6.07) is 0. The summed E-state index contributed by atoms with van der Waals surface area (Å²) in [4.78, 5) is 0. The maximum atomic E-state index is 11.8. The summed E-state index contributed by atoms with van der Waals surface area (Å²) in [7, 11) is 3.60. The Kier molecular flexibility index (Phi) is 3.98. The average molecular weight is 351 g/mol. The van der Waals surface area contributed by atoms with Crippen LogP contribution >= 0.6 is 0 Å². The molecule has 4 saturated carbocycles. The van der Waals surface area contributed by atoms with Gasteiger partial charge in [-0.2, -0.15) is 0 Å². The lowest BCUT2D eigenvalue weighted by Crippen LogP contribution is -2.65. The average Bonchev–Trinajstić information content (AvgIpc) is 2.90. The number of aliphatic hydroxyl groups is 1. The smallest absolute Gasteiger partial charge is 0.168 e. The van der Waals surface area contributed by atoms with Crippen LogP contribution in [-0.4, -0.2) is 30.7 Å². The maximum absolute atomic E-state index is 11.8. The fourth-order valence-electron chi connectivity index (χ4n) is 8.00. The molecule has 0 aliphatic heterocycles. The number of hydrogen-bond donors (Lipinski definition) is 1. The van der Waals surface area contributed by atoms with E-state index in [-0.39, 0.29) is 16.2 Å². The minimum absolute atomic E-state index is 0.162. The standard InChI is InChI=1S/C22H38O3/c1-18-9-6-10-22(18,23)17-8-12-19(2)15-21(24-4,25-5)14-13-20(19,3)16(17)7-11-18/h16-17,23H,6-15H2,1-5H3/t16-,17+,18-,19+,20-,22-/m1/s1. The van der Waals surface area contributed by atoms with Crippen LogP contribution in [0, 0.1) is 28.1 Å². The van der Waals surface area contributed by atoms with Crippen molar-refractivity contribution in [3.05, 3.63) is 0 Å². The third kappa shape index (κ3) is 2.15. The van der Waals surface area contributed by atoms with Gasteiger partial charge in [0.15, 0.2) is 5.79 Å². The third-order valence-electron chi connectivity index (χ3n) is 10.1. The minimum Gasteiger partial charge on any atom is -0.389 e. The van der Waals surface area contributed by atoms with E-state index in [1.165, 1.54) is 38.5 Å². The second kappa shape index (κ2) is 5.45. The van der Waals surface area contributed by atoms with Crippen molar-refractivity contribution < 1.29 is 14.6 Å². The molecule has 0 aromatic heterocycles. The summed E-state index contributed by atoms with van der Waals surface area (Å²) in [5.74, 6) is 0.729. The van der Waals surface area contributed by atoms with E-state index < -0.39 is 11.4 Å². The van der Waals surface area contributed by atoms with Crippen molar-refractivity contribution in [3.8, 4) is 0 Å². The van der Waals surface area contributed by atoms with Crippen LogP contribution < -0.4 is 0 Å². The van der Waals surface area contributed by atoms with Gasteiger partial charge in [0, 0.05) is 27.1 Å². The number of hydrogen-bond acceptors (Lipinski definition) is 3. The van der Waals surface area contributed by atoms with Crippen molar-refractivity contribution in [1.29, 1.82) is 0 Å². The Morgan fingerprint density at radius 3 is 2.08 bits per heavy atom. The van der Waals surface area contributed by atoms with E-state index in [1.54, 1.807) is 14.2 Å². The van der Waals surface area contributed by atoms with Gasteiger partial charge in [0.2, 0.25) is 0 Å². The van der Waals surface area contributed by atoms with Gasteiger partial charge in [-0.3, -0.25) is 0 Å². The summed E-state index contributed by atoms with van der Waals surface area (Å²) in [6.07, 6.45) is 11.4. The topological polar surface area (TPSA) is 38.7 Å². The molecule has 0 aromatic carbocycles. The Morgan fingerprint density at radius 2 is 1.40 bits per heavy atom. The van der Waals surface area contributed by atoms with Crippen molar-refractivity contribution in [3.63, 3.8) is 0 Å². The molecule has 0 aromatic rings. The molecule has 0 saturated heterocycles. The first-order valence-electron chi connectivity index (χ1n) is 10.5. The van der Waals surface area contributed by atoms with Crippen LogP contribution in [0.3, 0.4) is 0 Å². The SMILES string of the molecule is COC1(OC)CC[C@]2(C)[C@@H]3CC[C@@]4(C)CCC[C@@]4(O)[C@H]3CC[C@@]2(C)C1. The predicted molar refractivity (Wildman–Crippen MR) is 99.2 cm³/mol. The largest absolute Gasteiger partial charge is 0.389 e. The Labute approximate surface area is 153 Å². The first-order chi connectivity index (χ1) is 11.7. The Balaban J connectivity index is 1.68. The van der Waals surface area contributed by atoms with Gasteiger partial charge in [0.1, 0.15) is 0 Å². The molecule has 4 rings (SSSR count). The van der Waals surface area contributed by atoms with Crippen molar-refractivity contribution in [2.75, 3.05) is 14.2 Å². The molecular weight excluding hydrogens is 312 g/mol.